The Morgan fingerprint density at radius 1 is 0.319 bits per heavy atom. The Balaban J connectivity index is 0.00000642. The summed E-state index contributed by atoms with van der Waals surface area (Å²) < 4.78 is 0. The zero-order chi connectivity index (χ0) is 46.7. The minimum Gasteiger partial charge on any atom is -0.657 e. The van der Waals surface area contributed by atoms with Gasteiger partial charge in [0.25, 0.3) is 0 Å². The maximum Gasteiger partial charge on any atom is 2.00 e. The maximum atomic E-state index is 5.51. The molecule has 0 fully saturated rings. The monoisotopic (exact) mass is 960 g/mol. The van der Waals surface area contributed by atoms with E-state index in [0.717, 1.165) is 190 Å². The molecule has 5 heterocycles. The molecule has 3 aromatic heterocycles. The molecule has 69 heavy (non-hydrogen) atoms. The van der Waals surface area contributed by atoms with Gasteiger partial charge in [-0.25, -0.2) is 9.97 Å². The molecule has 8 bridgehead atoms. The van der Waals surface area contributed by atoms with E-state index in [4.69, 9.17) is 19.9 Å². The second kappa shape index (κ2) is 23.5. The van der Waals surface area contributed by atoms with Gasteiger partial charge in [-0.05, 0) is 143 Å². The number of nitrogens with one attached hydrogen (secondary N) is 4. The largest absolute Gasteiger partial charge is 2.00 e. The van der Waals surface area contributed by atoms with Gasteiger partial charge in [-0.3, -0.25) is 0 Å². The van der Waals surface area contributed by atoms with Crippen LogP contribution >= 0.6 is 0 Å². The fourth-order valence-corrected chi connectivity index (χ4v) is 8.93. The molecule has 4 aromatic carbocycles. The Morgan fingerprint density at radius 2 is 0.536 bits per heavy atom. The van der Waals surface area contributed by atoms with Crippen LogP contribution in [0.2, 0.25) is 0 Å². The van der Waals surface area contributed by atoms with Gasteiger partial charge in [-0.2, -0.15) is 0 Å². The van der Waals surface area contributed by atoms with Crippen LogP contribution in [0, 0.1) is 0 Å². The molecule has 9 heteroatoms. The molecule has 0 spiro atoms. The topological polar surface area (TPSA) is 102 Å². The smallest absolute Gasteiger partial charge is 0.657 e. The summed E-state index contributed by atoms with van der Waals surface area (Å²) in [7, 11) is 0. The van der Waals surface area contributed by atoms with Crippen molar-refractivity contribution < 1.29 is 19.5 Å². The third kappa shape index (κ3) is 11.4. The van der Waals surface area contributed by atoms with Crippen molar-refractivity contribution in [1.82, 2.24) is 19.9 Å². The number of fused-ring (bicyclic) bond motifs is 8. The van der Waals surface area contributed by atoms with E-state index in [1.54, 1.807) is 0 Å². The van der Waals surface area contributed by atoms with Crippen molar-refractivity contribution in [2.75, 3.05) is 47.4 Å². The fourth-order valence-electron chi connectivity index (χ4n) is 8.93. The molecule has 346 valence electrons. The van der Waals surface area contributed by atoms with Crippen LogP contribution in [0.3, 0.4) is 0 Å². The number of nitrogens with zero attached hydrogens (tertiary/aromatic N) is 4. The first-order valence-electron chi connectivity index (χ1n) is 25.0. The summed E-state index contributed by atoms with van der Waals surface area (Å²) in [6, 6.07) is 43.4. The summed E-state index contributed by atoms with van der Waals surface area (Å²) in [4.78, 5) is 22.0. The number of unbranched alkanes of at least 4 members (excludes halogenated alkanes) is 4. The minimum atomic E-state index is 0. The van der Waals surface area contributed by atoms with Crippen LogP contribution in [-0.4, -0.2) is 36.1 Å². The minimum absolute atomic E-state index is 0. The molecule has 0 radical (unpaired) electrons. The first-order chi connectivity index (χ1) is 33.5. The van der Waals surface area contributed by atoms with Gasteiger partial charge in [-0.15, -0.1) is 22.1 Å². The third-order valence-electron chi connectivity index (χ3n) is 12.7. The van der Waals surface area contributed by atoms with E-state index >= 15 is 0 Å². The van der Waals surface area contributed by atoms with Crippen molar-refractivity contribution in [3.63, 3.8) is 0 Å². The molecule has 2 aliphatic heterocycles. The number of hydrogen-bond donors (Lipinski definition) is 4. The molecule has 0 aliphatic carbocycles. The predicted octanol–water partition coefficient (Wildman–Crippen LogP) is 15.4. The van der Waals surface area contributed by atoms with Crippen LogP contribution in [0.25, 0.3) is 90.9 Å². The van der Waals surface area contributed by atoms with Crippen LogP contribution in [0.4, 0.5) is 22.7 Å². The molecule has 8 nitrogen and oxygen atoms in total. The SMILES string of the molecule is CCCCNc1ccc(-c2c3nc(c(-c4ccc(NCCCC)cc4)c4ccc([n-]4)c(-c4ccc(NCCCC)cc4)c4nc(c(-c5ccc(NCCCC)cc5)c5ccc2[n-]5)C=C4)C=C3)cc1.[Zn+2]. The molecule has 0 saturated heterocycles. The van der Waals surface area contributed by atoms with E-state index in [-0.39, 0.29) is 19.5 Å². The van der Waals surface area contributed by atoms with Crippen molar-refractivity contribution in [2.45, 2.75) is 79.1 Å². The van der Waals surface area contributed by atoms with Gasteiger partial charge in [0.1, 0.15) is 0 Å². The molecule has 0 saturated carbocycles. The number of aromatic nitrogens is 4. The standard InChI is InChI=1S/C60H64N8.Zn/c1-5-9-37-61-45-21-13-41(14-22-45)57-49-29-31-51(65-49)58(42-15-23-46(24-16-42)62-38-10-6-2)53-33-35-55(67-53)60(44-19-27-48(28-20-44)64-40-12-8-4)56-36-34-54(68-56)59(52-32-30-50(57)66-52)43-17-25-47(26-18-43)63-39-11-7-3;/h13-36,61-64H,5-12,37-40H2,1-4H3;/q-2;+2. The van der Waals surface area contributed by atoms with E-state index < -0.39 is 0 Å². The van der Waals surface area contributed by atoms with Crippen LogP contribution in [0.1, 0.15) is 102 Å². The van der Waals surface area contributed by atoms with Gasteiger partial charge >= 0.3 is 19.5 Å². The summed E-state index contributed by atoms with van der Waals surface area (Å²) in [5.74, 6) is 0. The molecular formula is C60H64N8Zn. The maximum absolute atomic E-state index is 5.51. The van der Waals surface area contributed by atoms with Crippen LogP contribution in [0.15, 0.2) is 121 Å². The number of anilines is 4. The zero-order valence-corrected chi connectivity index (χ0v) is 43.8. The number of benzene rings is 4. The summed E-state index contributed by atoms with van der Waals surface area (Å²) in [5.41, 5.74) is 19.2. The van der Waals surface area contributed by atoms with E-state index in [1.807, 2.05) is 0 Å². The molecule has 2 aliphatic rings. The fraction of sp³-hybridized carbons (Fsp3) is 0.267. The van der Waals surface area contributed by atoms with Gasteiger partial charge in [0.05, 0.1) is 22.8 Å². The quantitative estimate of drug-likeness (QED) is 0.0443. The molecule has 0 amide bonds. The molecule has 4 N–H and O–H groups in total. The van der Waals surface area contributed by atoms with Crippen molar-refractivity contribution in [3.8, 4) is 44.5 Å². The Kier molecular flexibility index (Phi) is 16.6. The van der Waals surface area contributed by atoms with Crippen molar-refractivity contribution in [3.05, 3.63) is 144 Å². The van der Waals surface area contributed by atoms with Crippen molar-refractivity contribution in [2.24, 2.45) is 0 Å². The molecule has 0 unspecified atom stereocenters. The van der Waals surface area contributed by atoms with E-state index in [0.29, 0.717) is 0 Å². The average Bonchev–Trinajstić information content (AvgIpc) is 4.23. The van der Waals surface area contributed by atoms with Crippen molar-refractivity contribution >= 4 is 69.1 Å². The van der Waals surface area contributed by atoms with Gasteiger partial charge in [0.2, 0.25) is 0 Å². The third-order valence-corrected chi connectivity index (χ3v) is 12.7. The first kappa shape index (κ1) is 48.7. The normalized spacial score (nSPS) is 11.7. The second-order valence-electron chi connectivity index (χ2n) is 17.8. The zero-order valence-electron chi connectivity index (χ0n) is 40.8. The molecule has 9 rings (SSSR count). The second-order valence-corrected chi connectivity index (χ2v) is 17.8. The van der Waals surface area contributed by atoms with Crippen LogP contribution in [-0.2, 0) is 19.5 Å². The van der Waals surface area contributed by atoms with Gasteiger partial charge in [0, 0.05) is 48.9 Å². The van der Waals surface area contributed by atoms with Crippen LogP contribution in [0.5, 0.6) is 0 Å². The average molecular weight is 963 g/mol. The van der Waals surface area contributed by atoms with E-state index in [2.05, 4.69) is 195 Å². The molecule has 0 atom stereocenters. The first-order valence-corrected chi connectivity index (χ1v) is 25.0. The summed E-state index contributed by atoms with van der Waals surface area (Å²) in [6.45, 7) is 12.6. The van der Waals surface area contributed by atoms with Crippen molar-refractivity contribution in [1.29, 1.82) is 0 Å². The van der Waals surface area contributed by atoms with Gasteiger partial charge < -0.3 is 31.2 Å². The summed E-state index contributed by atoms with van der Waals surface area (Å²) in [6.07, 6.45) is 17.6. The Labute approximate surface area is 421 Å². The van der Waals surface area contributed by atoms with Gasteiger partial charge in [0.15, 0.2) is 0 Å². The predicted molar refractivity (Wildman–Crippen MR) is 292 cm³/mol. The summed E-state index contributed by atoms with van der Waals surface area (Å²) in [5, 5.41) is 14.4. The van der Waals surface area contributed by atoms with Crippen LogP contribution < -0.4 is 31.2 Å². The Bertz CT molecular complexity index is 2630. The number of rotatable bonds is 20. The van der Waals surface area contributed by atoms with E-state index in [9.17, 15) is 0 Å². The summed E-state index contributed by atoms with van der Waals surface area (Å²) >= 11 is 0. The Morgan fingerprint density at radius 3 is 0.739 bits per heavy atom. The number of hydrogen-bond acceptors (Lipinski definition) is 6. The van der Waals surface area contributed by atoms with E-state index in [1.165, 1.54) is 0 Å². The molecular weight excluding hydrogens is 898 g/mol. The molecule has 7 aromatic rings. The van der Waals surface area contributed by atoms with Gasteiger partial charge in [-0.1, -0.05) is 126 Å². The Hall–Kier alpha value is -6.70.